The fourth-order valence-corrected chi connectivity index (χ4v) is 2.42. The Kier molecular flexibility index (Phi) is 3.51. The quantitative estimate of drug-likeness (QED) is 0.738. The van der Waals surface area contributed by atoms with Crippen molar-refractivity contribution >= 4 is 34.2 Å². The molecule has 0 saturated heterocycles. The maximum atomic E-state index is 6.12. The molecule has 0 saturated carbocycles. The number of benzene rings is 1. The third kappa shape index (κ3) is 2.44. The maximum absolute atomic E-state index is 6.12. The minimum atomic E-state index is 0.327. The molecule has 20 heavy (non-hydrogen) atoms. The number of aromatic nitrogens is 3. The zero-order valence-electron chi connectivity index (χ0n) is 10.7. The lowest BCUT2D eigenvalue weighted by Gasteiger charge is -2.08. The highest BCUT2D eigenvalue weighted by molar-refractivity contribution is 6.35. The number of pyridine rings is 1. The molecule has 0 aliphatic carbocycles. The third-order valence-corrected chi connectivity index (χ3v) is 3.56. The zero-order chi connectivity index (χ0) is 14.1. The van der Waals surface area contributed by atoms with Crippen molar-refractivity contribution in [2.24, 2.45) is 7.05 Å². The van der Waals surface area contributed by atoms with Crippen LogP contribution in [-0.2, 0) is 13.7 Å². The first-order valence-corrected chi connectivity index (χ1v) is 6.73. The first-order valence-electron chi connectivity index (χ1n) is 5.98. The first-order chi connectivity index (χ1) is 9.65. The molecule has 4 nitrogen and oxygen atoms in total. The molecule has 2 aromatic heterocycles. The molecule has 0 spiro atoms. The molecule has 0 unspecified atom stereocenters. The molecule has 0 bridgehead atoms. The Morgan fingerprint density at radius 1 is 1.20 bits per heavy atom. The van der Waals surface area contributed by atoms with Crippen molar-refractivity contribution in [3.8, 4) is 5.88 Å². The van der Waals surface area contributed by atoms with Crippen molar-refractivity contribution in [1.82, 2.24) is 14.5 Å². The second kappa shape index (κ2) is 5.31. The summed E-state index contributed by atoms with van der Waals surface area (Å²) in [6.07, 6.45) is 3.41. The van der Waals surface area contributed by atoms with Gasteiger partial charge in [0.25, 0.3) is 0 Å². The standard InChI is InChI=1S/C14H11Cl2N3O/c1-19-8-18-12-4-5-17-14(13(12)19)20-7-9-2-3-10(15)6-11(9)16/h2-6,8H,7H2,1H3. The van der Waals surface area contributed by atoms with Crippen LogP contribution in [0, 0.1) is 0 Å². The minimum absolute atomic E-state index is 0.327. The van der Waals surface area contributed by atoms with Crippen molar-refractivity contribution in [1.29, 1.82) is 0 Å². The van der Waals surface area contributed by atoms with Gasteiger partial charge in [-0.05, 0) is 18.2 Å². The van der Waals surface area contributed by atoms with E-state index in [1.54, 1.807) is 24.7 Å². The van der Waals surface area contributed by atoms with Gasteiger partial charge in [-0.15, -0.1) is 0 Å². The SMILES string of the molecule is Cn1cnc2ccnc(OCc3ccc(Cl)cc3Cl)c21. The van der Waals surface area contributed by atoms with Gasteiger partial charge >= 0.3 is 0 Å². The van der Waals surface area contributed by atoms with E-state index in [2.05, 4.69) is 9.97 Å². The molecular weight excluding hydrogens is 297 g/mol. The molecular formula is C14H11Cl2N3O. The summed E-state index contributed by atoms with van der Waals surface area (Å²) in [6.45, 7) is 0.327. The highest BCUT2D eigenvalue weighted by Crippen LogP contribution is 2.25. The third-order valence-electron chi connectivity index (χ3n) is 2.97. The summed E-state index contributed by atoms with van der Waals surface area (Å²) >= 11 is 12.0. The van der Waals surface area contributed by atoms with Gasteiger partial charge in [0.15, 0.2) is 0 Å². The number of imidazole rings is 1. The fraction of sp³-hybridized carbons (Fsp3) is 0.143. The molecule has 0 radical (unpaired) electrons. The largest absolute Gasteiger partial charge is 0.471 e. The van der Waals surface area contributed by atoms with Crippen molar-refractivity contribution in [3.63, 3.8) is 0 Å². The van der Waals surface area contributed by atoms with Crippen LogP contribution < -0.4 is 4.74 Å². The van der Waals surface area contributed by atoms with E-state index in [1.807, 2.05) is 23.7 Å². The van der Waals surface area contributed by atoms with Gasteiger partial charge in [-0.1, -0.05) is 29.3 Å². The number of halogens is 2. The molecule has 0 N–H and O–H groups in total. The van der Waals surface area contributed by atoms with Crippen LogP contribution in [-0.4, -0.2) is 14.5 Å². The summed E-state index contributed by atoms with van der Waals surface area (Å²) in [7, 11) is 1.90. The number of fused-ring (bicyclic) bond motifs is 1. The van der Waals surface area contributed by atoms with Crippen LogP contribution >= 0.6 is 23.2 Å². The van der Waals surface area contributed by atoms with E-state index in [0.29, 0.717) is 22.5 Å². The van der Waals surface area contributed by atoms with Gasteiger partial charge in [0.05, 0.1) is 11.8 Å². The van der Waals surface area contributed by atoms with Gasteiger partial charge in [0, 0.05) is 28.9 Å². The van der Waals surface area contributed by atoms with E-state index in [4.69, 9.17) is 27.9 Å². The Labute approximate surface area is 125 Å². The van der Waals surface area contributed by atoms with E-state index >= 15 is 0 Å². The smallest absolute Gasteiger partial charge is 0.240 e. The van der Waals surface area contributed by atoms with Crippen molar-refractivity contribution in [3.05, 3.63) is 52.4 Å². The van der Waals surface area contributed by atoms with E-state index in [0.717, 1.165) is 16.6 Å². The Hall–Kier alpha value is -1.78. The van der Waals surface area contributed by atoms with Crippen LogP contribution in [0.15, 0.2) is 36.8 Å². The van der Waals surface area contributed by atoms with Crippen LogP contribution in [0.2, 0.25) is 10.0 Å². The summed E-state index contributed by atoms with van der Waals surface area (Å²) < 4.78 is 7.64. The normalized spacial score (nSPS) is 10.9. The van der Waals surface area contributed by atoms with Gasteiger partial charge < -0.3 is 9.30 Å². The molecule has 0 aliphatic rings. The molecule has 2 heterocycles. The topological polar surface area (TPSA) is 39.9 Å². The van der Waals surface area contributed by atoms with Gasteiger partial charge in [-0.2, -0.15) is 0 Å². The average molecular weight is 308 g/mol. The molecule has 0 aliphatic heterocycles. The lowest BCUT2D eigenvalue weighted by molar-refractivity contribution is 0.297. The Morgan fingerprint density at radius 3 is 2.85 bits per heavy atom. The highest BCUT2D eigenvalue weighted by atomic mass is 35.5. The summed E-state index contributed by atoms with van der Waals surface area (Å²) in [6, 6.07) is 7.16. The molecule has 3 aromatic rings. The predicted octanol–water partition coefficient (Wildman–Crippen LogP) is 3.85. The van der Waals surface area contributed by atoms with Crippen LogP contribution in [0.4, 0.5) is 0 Å². The number of hydrogen-bond donors (Lipinski definition) is 0. The van der Waals surface area contributed by atoms with Crippen LogP contribution in [0.1, 0.15) is 5.56 Å². The van der Waals surface area contributed by atoms with E-state index in [9.17, 15) is 0 Å². The predicted molar refractivity (Wildman–Crippen MR) is 79.3 cm³/mol. The van der Waals surface area contributed by atoms with Crippen molar-refractivity contribution in [2.75, 3.05) is 0 Å². The summed E-state index contributed by atoms with van der Waals surface area (Å²) in [5.74, 6) is 0.536. The average Bonchev–Trinajstić information content (AvgIpc) is 2.80. The maximum Gasteiger partial charge on any atom is 0.240 e. The molecule has 102 valence electrons. The second-order valence-corrected chi connectivity index (χ2v) is 5.21. The zero-order valence-corrected chi connectivity index (χ0v) is 12.2. The number of ether oxygens (including phenoxy) is 1. The van der Waals surface area contributed by atoms with E-state index < -0.39 is 0 Å². The van der Waals surface area contributed by atoms with Crippen molar-refractivity contribution < 1.29 is 4.74 Å². The molecule has 6 heteroatoms. The second-order valence-electron chi connectivity index (χ2n) is 4.36. The first kappa shape index (κ1) is 13.2. The number of hydrogen-bond acceptors (Lipinski definition) is 3. The summed E-state index contributed by atoms with van der Waals surface area (Å²) in [5, 5.41) is 1.18. The van der Waals surface area contributed by atoms with Crippen LogP contribution in [0.5, 0.6) is 5.88 Å². The molecule has 1 aromatic carbocycles. The van der Waals surface area contributed by atoms with E-state index in [1.165, 1.54) is 0 Å². The lowest BCUT2D eigenvalue weighted by atomic mass is 10.2. The number of aryl methyl sites for hydroxylation is 1. The summed E-state index contributed by atoms with van der Waals surface area (Å²) in [5.41, 5.74) is 2.56. The van der Waals surface area contributed by atoms with Gasteiger partial charge in [0.2, 0.25) is 5.88 Å². The van der Waals surface area contributed by atoms with Crippen molar-refractivity contribution in [2.45, 2.75) is 6.61 Å². The molecule has 0 atom stereocenters. The monoisotopic (exact) mass is 307 g/mol. The number of rotatable bonds is 3. The van der Waals surface area contributed by atoms with Crippen LogP contribution in [0.3, 0.4) is 0 Å². The van der Waals surface area contributed by atoms with Gasteiger partial charge in [-0.3, -0.25) is 0 Å². The Balaban J connectivity index is 1.88. The van der Waals surface area contributed by atoms with Gasteiger partial charge in [0.1, 0.15) is 12.1 Å². The fourth-order valence-electron chi connectivity index (χ4n) is 1.96. The van der Waals surface area contributed by atoms with E-state index in [-0.39, 0.29) is 0 Å². The Bertz CT molecular complexity index is 770. The molecule has 0 fully saturated rings. The van der Waals surface area contributed by atoms with Gasteiger partial charge in [-0.25, -0.2) is 9.97 Å². The lowest BCUT2D eigenvalue weighted by Crippen LogP contribution is -2.00. The Morgan fingerprint density at radius 2 is 2.05 bits per heavy atom. The van der Waals surface area contributed by atoms with Crippen LogP contribution in [0.25, 0.3) is 11.0 Å². The number of nitrogens with zero attached hydrogens (tertiary/aromatic N) is 3. The highest BCUT2D eigenvalue weighted by Gasteiger charge is 2.09. The molecule has 3 rings (SSSR count). The molecule has 0 amide bonds. The minimum Gasteiger partial charge on any atom is -0.471 e. The summed E-state index contributed by atoms with van der Waals surface area (Å²) in [4.78, 5) is 8.51.